The lowest BCUT2D eigenvalue weighted by Crippen LogP contribution is -1.74. The van der Waals surface area contributed by atoms with Crippen LogP contribution >= 0.6 is 24.4 Å². The molecule has 4 heteroatoms. The standard InChI is InChI=1S/C9H6N2S2/c1-7-8(10-5-12)3-2-4-9(7)11-6-13/h2-4H,1H3. The van der Waals surface area contributed by atoms with E-state index in [-0.39, 0.29) is 0 Å². The van der Waals surface area contributed by atoms with Crippen molar-refractivity contribution in [3.05, 3.63) is 23.8 Å². The Morgan fingerprint density at radius 2 is 1.54 bits per heavy atom. The molecular formula is C9H6N2S2. The summed E-state index contributed by atoms with van der Waals surface area (Å²) in [5.74, 6) is 0. The molecule has 0 N–H and O–H groups in total. The van der Waals surface area contributed by atoms with E-state index in [1.54, 1.807) is 0 Å². The van der Waals surface area contributed by atoms with Crippen molar-refractivity contribution in [3.8, 4) is 0 Å². The monoisotopic (exact) mass is 206 g/mol. The molecule has 0 aromatic heterocycles. The highest BCUT2D eigenvalue weighted by Crippen LogP contribution is 2.26. The third-order valence-corrected chi connectivity index (χ3v) is 1.79. The maximum Gasteiger partial charge on any atom is 0.0790 e. The van der Waals surface area contributed by atoms with Gasteiger partial charge in [-0.25, -0.2) is 0 Å². The molecule has 0 bridgehead atoms. The van der Waals surface area contributed by atoms with Crippen molar-refractivity contribution in [3.63, 3.8) is 0 Å². The molecule has 0 saturated heterocycles. The number of benzene rings is 1. The second kappa shape index (κ2) is 4.75. The van der Waals surface area contributed by atoms with E-state index < -0.39 is 0 Å². The van der Waals surface area contributed by atoms with Crippen molar-refractivity contribution >= 4 is 46.1 Å². The predicted molar refractivity (Wildman–Crippen MR) is 60.6 cm³/mol. The Morgan fingerprint density at radius 3 is 1.92 bits per heavy atom. The summed E-state index contributed by atoms with van der Waals surface area (Å²) in [6.07, 6.45) is 0. The minimum Gasteiger partial charge on any atom is -0.194 e. The van der Waals surface area contributed by atoms with Crippen LogP contribution in [0, 0.1) is 6.92 Å². The van der Waals surface area contributed by atoms with Crippen molar-refractivity contribution in [2.24, 2.45) is 9.98 Å². The zero-order valence-electron chi connectivity index (χ0n) is 6.94. The maximum atomic E-state index is 4.52. The molecular weight excluding hydrogens is 200 g/mol. The summed E-state index contributed by atoms with van der Waals surface area (Å²) < 4.78 is 0. The molecule has 1 rings (SSSR count). The highest BCUT2D eigenvalue weighted by Gasteiger charge is 1.99. The van der Waals surface area contributed by atoms with E-state index in [1.807, 2.05) is 25.1 Å². The molecule has 0 aliphatic carbocycles. The average molecular weight is 206 g/mol. The summed E-state index contributed by atoms with van der Waals surface area (Å²) >= 11 is 9.04. The Kier molecular flexibility index (Phi) is 3.62. The summed E-state index contributed by atoms with van der Waals surface area (Å²) in [5.41, 5.74) is 2.46. The van der Waals surface area contributed by atoms with E-state index in [9.17, 15) is 0 Å². The first kappa shape index (κ1) is 9.90. The lowest BCUT2D eigenvalue weighted by molar-refractivity contribution is 1.37. The van der Waals surface area contributed by atoms with E-state index in [0.29, 0.717) is 0 Å². The smallest absolute Gasteiger partial charge is 0.0790 e. The van der Waals surface area contributed by atoms with Gasteiger partial charge < -0.3 is 0 Å². The predicted octanol–water partition coefficient (Wildman–Crippen LogP) is 3.46. The molecule has 0 aliphatic heterocycles. The normalized spacial score (nSPS) is 8.38. The molecule has 0 unspecified atom stereocenters. The van der Waals surface area contributed by atoms with Crippen molar-refractivity contribution < 1.29 is 0 Å². The Hall–Kier alpha value is -1.18. The van der Waals surface area contributed by atoms with Gasteiger partial charge in [0.05, 0.1) is 21.7 Å². The van der Waals surface area contributed by atoms with Gasteiger partial charge in [-0.3, -0.25) is 0 Å². The van der Waals surface area contributed by atoms with Crippen molar-refractivity contribution in [1.82, 2.24) is 0 Å². The molecule has 0 saturated carbocycles. The van der Waals surface area contributed by atoms with Crippen LogP contribution < -0.4 is 0 Å². The average Bonchev–Trinajstić information content (AvgIpc) is 2.13. The quantitative estimate of drug-likeness (QED) is 0.546. The summed E-state index contributed by atoms with van der Waals surface area (Å²) in [5, 5.41) is 4.63. The largest absolute Gasteiger partial charge is 0.194 e. The third-order valence-electron chi connectivity index (χ3n) is 1.61. The number of rotatable bonds is 2. The van der Waals surface area contributed by atoms with Gasteiger partial charge in [0.25, 0.3) is 0 Å². The van der Waals surface area contributed by atoms with Gasteiger partial charge in [-0.2, -0.15) is 9.98 Å². The number of nitrogens with zero attached hydrogens (tertiary/aromatic N) is 2. The molecule has 0 amide bonds. The summed E-state index contributed by atoms with van der Waals surface area (Å²) in [7, 11) is 0. The SMILES string of the molecule is Cc1c(N=C=S)cccc1N=C=S. The Balaban J connectivity index is 3.33. The van der Waals surface area contributed by atoms with Crippen LogP contribution in [-0.2, 0) is 0 Å². The first-order valence-corrected chi connectivity index (χ1v) is 4.36. The first-order chi connectivity index (χ1) is 6.29. The Morgan fingerprint density at radius 1 is 1.08 bits per heavy atom. The van der Waals surface area contributed by atoms with Gasteiger partial charge in [-0.05, 0) is 43.5 Å². The summed E-state index contributed by atoms with van der Waals surface area (Å²) in [6, 6.07) is 5.53. The second-order valence-electron chi connectivity index (χ2n) is 2.33. The molecule has 0 aliphatic rings. The minimum absolute atomic E-state index is 0.765. The minimum atomic E-state index is 0.765. The highest BCUT2D eigenvalue weighted by atomic mass is 32.1. The Labute approximate surface area is 87.0 Å². The number of hydrogen-bond acceptors (Lipinski definition) is 4. The van der Waals surface area contributed by atoms with Crippen LogP contribution in [0.25, 0.3) is 0 Å². The van der Waals surface area contributed by atoms with Gasteiger partial charge >= 0.3 is 0 Å². The number of isothiocyanates is 2. The molecule has 1 aromatic carbocycles. The molecule has 0 radical (unpaired) electrons. The van der Waals surface area contributed by atoms with E-state index in [0.717, 1.165) is 16.9 Å². The molecule has 0 atom stereocenters. The summed E-state index contributed by atoms with van der Waals surface area (Å²) in [4.78, 5) is 7.78. The van der Waals surface area contributed by atoms with Gasteiger partial charge in [0.1, 0.15) is 0 Å². The zero-order chi connectivity index (χ0) is 9.68. The van der Waals surface area contributed by atoms with Crippen LogP contribution in [0.5, 0.6) is 0 Å². The van der Waals surface area contributed by atoms with Gasteiger partial charge in [0.2, 0.25) is 0 Å². The van der Waals surface area contributed by atoms with E-state index >= 15 is 0 Å². The van der Waals surface area contributed by atoms with Gasteiger partial charge in [-0.15, -0.1) is 0 Å². The number of hydrogen-bond donors (Lipinski definition) is 0. The van der Waals surface area contributed by atoms with E-state index in [1.165, 1.54) is 0 Å². The molecule has 2 nitrogen and oxygen atoms in total. The molecule has 0 spiro atoms. The van der Waals surface area contributed by atoms with Crippen LogP contribution in [0.1, 0.15) is 5.56 Å². The van der Waals surface area contributed by atoms with Crippen molar-refractivity contribution in [1.29, 1.82) is 0 Å². The lowest BCUT2D eigenvalue weighted by atomic mass is 10.1. The topological polar surface area (TPSA) is 24.7 Å². The molecule has 0 fully saturated rings. The fourth-order valence-corrected chi connectivity index (χ4v) is 1.15. The Bertz CT molecular complexity index is 377. The summed E-state index contributed by atoms with van der Waals surface area (Å²) in [6.45, 7) is 1.90. The molecule has 64 valence electrons. The zero-order valence-corrected chi connectivity index (χ0v) is 8.58. The number of aliphatic imine (C=N–C) groups is 2. The molecule has 1 aromatic rings. The molecule has 13 heavy (non-hydrogen) atoms. The van der Waals surface area contributed by atoms with Gasteiger partial charge in [0.15, 0.2) is 0 Å². The fraction of sp³-hybridized carbons (Fsp3) is 0.111. The van der Waals surface area contributed by atoms with Gasteiger partial charge in [0, 0.05) is 5.56 Å². The van der Waals surface area contributed by atoms with E-state index in [4.69, 9.17) is 0 Å². The van der Waals surface area contributed by atoms with Crippen LogP contribution in [0.4, 0.5) is 11.4 Å². The maximum absolute atomic E-state index is 4.52. The van der Waals surface area contributed by atoms with Crippen LogP contribution in [0.2, 0.25) is 0 Å². The fourth-order valence-electron chi connectivity index (χ4n) is 0.952. The van der Waals surface area contributed by atoms with Crippen molar-refractivity contribution in [2.75, 3.05) is 0 Å². The first-order valence-electron chi connectivity index (χ1n) is 3.55. The lowest BCUT2D eigenvalue weighted by Gasteiger charge is -1.99. The highest BCUT2D eigenvalue weighted by molar-refractivity contribution is 7.78. The third kappa shape index (κ3) is 2.38. The van der Waals surface area contributed by atoms with Crippen LogP contribution in [-0.4, -0.2) is 10.3 Å². The van der Waals surface area contributed by atoms with Crippen LogP contribution in [0.15, 0.2) is 28.2 Å². The van der Waals surface area contributed by atoms with Crippen LogP contribution in [0.3, 0.4) is 0 Å². The van der Waals surface area contributed by atoms with Gasteiger partial charge in [-0.1, -0.05) is 6.07 Å². The molecule has 0 heterocycles. The second-order valence-corrected chi connectivity index (χ2v) is 2.69. The van der Waals surface area contributed by atoms with Crippen molar-refractivity contribution in [2.45, 2.75) is 6.92 Å². The number of thiocarbonyl (C=S) groups is 2. The van der Waals surface area contributed by atoms with E-state index in [2.05, 4.69) is 44.7 Å².